The molecule has 1 aliphatic heterocycles. The molecule has 3 N–H and O–H groups in total. The van der Waals surface area contributed by atoms with E-state index in [4.69, 9.17) is 10.8 Å². The number of hydrogen-bond donors (Lipinski definition) is 2. The zero-order valence-corrected chi connectivity index (χ0v) is 7.36. The van der Waals surface area contributed by atoms with Gasteiger partial charge in [0.1, 0.15) is 0 Å². The zero-order chi connectivity index (χ0) is 9.14. The number of carbonyl (C=O) groups is 1. The molecule has 1 aliphatic rings. The molecule has 1 saturated heterocycles. The lowest BCUT2D eigenvalue weighted by atomic mass is 10.2. The summed E-state index contributed by atoms with van der Waals surface area (Å²) in [6, 6.07) is -0.393. The Morgan fingerprint density at radius 2 is 2.50 bits per heavy atom. The SMILES string of the molecule is CCC(N)C(=O)N1CCC(O)C1. The molecule has 2 unspecified atom stereocenters. The first-order chi connectivity index (χ1) is 5.65. The minimum Gasteiger partial charge on any atom is -0.391 e. The lowest BCUT2D eigenvalue weighted by Crippen LogP contribution is -2.42. The minimum absolute atomic E-state index is 0.0333. The molecule has 0 spiro atoms. The predicted molar refractivity (Wildman–Crippen MR) is 45.5 cm³/mol. The number of nitrogens with two attached hydrogens (primary N) is 1. The number of aliphatic hydroxyl groups is 1. The zero-order valence-electron chi connectivity index (χ0n) is 7.36. The topological polar surface area (TPSA) is 66.6 Å². The smallest absolute Gasteiger partial charge is 0.239 e. The van der Waals surface area contributed by atoms with Crippen LogP contribution < -0.4 is 5.73 Å². The largest absolute Gasteiger partial charge is 0.391 e. The van der Waals surface area contributed by atoms with Crippen LogP contribution >= 0.6 is 0 Å². The molecule has 1 fully saturated rings. The fraction of sp³-hybridized carbons (Fsp3) is 0.875. The highest BCUT2D eigenvalue weighted by atomic mass is 16.3. The van der Waals surface area contributed by atoms with E-state index in [2.05, 4.69) is 0 Å². The minimum atomic E-state index is -0.393. The van der Waals surface area contributed by atoms with Crippen LogP contribution in [-0.4, -0.2) is 41.1 Å². The maximum atomic E-state index is 11.4. The van der Waals surface area contributed by atoms with Crippen LogP contribution in [0.15, 0.2) is 0 Å². The van der Waals surface area contributed by atoms with Gasteiger partial charge in [-0.2, -0.15) is 0 Å². The summed E-state index contributed by atoms with van der Waals surface area (Å²) >= 11 is 0. The summed E-state index contributed by atoms with van der Waals surface area (Å²) in [5.41, 5.74) is 5.57. The van der Waals surface area contributed by atoms with E-state index in [0.717, 1.165) is 0 Å². The third-order valence-corrected chi connectivity index (χ3v) is 2.23. The lowest BCUT2D eigenvalue weighted by molar-refractivity contribution is -0.131. The van der Waals surface area contributed by atoms with E-state index >= 15 is 0 Å². The fourth-order valence-corrected chi connectivity index (χ4v) is 1.35. The first kappa shape index (κ1) is 9.48. The van der Waals surface area contributed by atoms with Crippen molar-refractivity contribution in [2.24, 2.45) is 5.73 Å². The van der Waals surface area contributed by atoms with Crippen LogP contribution in [0.1, 0.15) is 19.8 Å². The van der Waals surface area contributed by atoms with Gasteiger partial charge in [-0.05, 0) is 12.8 Å². The maximum Gasteiger partial charge on any atom is 0.239 e. The van der Waals surface area contributed by atoms with E-state index in [0.29, 0.717) is 25.9 Å². The summed E-state index contributed by atoms with van der Waals surface area (Å²) < 4.78 is 0. The van der Waals surface area contributed by atoms with Gasteiger partial charge in [0.05, 0.1) is 12.1 Å². The van der Waals surface area contributed by atoms with Gasteiger partial charge in [0, 0.05) is 13.1 Å². The molecule has 0 aromatic rings. The van der Waals surface area contributed by atoms with Gasteiger partial charge < -0.3 is 15.7 Å². The van der Waals surface area contributed by atoms with Crippen molar-refractivity contribution < 1.29 is 9.90 Å². The third kappa shape index (κ3) is 1.95. The van der Waals surface area contributed by atoms with Crippen LogP contribution in [0.25, 0.3) is 0 Å². The number of hydrogen-bond acceptors (Lipinski definition) is 3. The van der Waals surface area contributed by atoms with Crippen LogP contribution in [0.2, 0.25) is 0 Å². The van der Waals surface area contributed by atoms with Crippen LogP contribution in [0.3, 0.4) is 0 Å². The highest BCUT2D eigenvalue weighted by molar-refractivity contribution is 5.81. The van der Waals surface area contributed by atoms with Gasteiger partial charge in [-0.25, -0.2) is 0 Å². The number of β-amino-alcohol motifs (C(OH)–C–C–N with tert-alkyl or cyclic N) is 1. The Morgan fingerprint density at radius 3 is 2.92 bits per heavy atom. The molecule has 0 aliphatic carbocycles. The van der Waals surface area contributed by atoms with E-state index in [1.807, 2.05) is 6.92 Å². The van der Waals surface area contributed by atoms with Crippen LogP contribution in [0.4, 0.5) is 0 Å². The van der Waals surface area contributed by atoms with Gasteiger partial charge in [-0.3, -0.25) is 4.79 Å². The molecule has 0 radical (unpaired) electrons. The van der Waals surface area contributed by atoms with E-state index in [1.54, 1.807) is 4.90 Å². The lowest BCUT2D eigenvalue weighted by Gasteiger charge is -2.18. The third-order valence-electron chi connectivity index (χ3n) is 2.23. The average molecular weight is 172 g/mol. The van der Waals surface area contributed by atoms with Crippen molar-refractivity contribution in [1.29, 1.82) is 0 Å². The van der Waals surface area contributed by atoms with Crippen molar-refractivity contribution in [3.05, 3.63) is 0 Å². The molecule has 1 rings (SSSR count). The van der Waals surface area contributed by atoms with Crippen molar-refractivity contribution >= 4 is 5.91 Å². The molecule has 2 atom stereocenters. The maximum absolute atomic E-state index is 11.4. The van der Waals surface area contributed by atoms with Crippen LogP contribution in [0.5, 0.6) is 0 Å². The molecule has 0 aromatic heterocycles. The Kier molecular flexibility index (Phi) is 3.05. The summed E-state index contributed by atoms with van der Waals surface area (Å²) in [4.78, 5) is 13.0. The molecule has 0 bridgehead atoms. The first-order valence-electron chi connectivity index (χ1n) is 4.37. The Bertz CT molecular complexity index is 172. The van der Waals surface area contributed by atoms with Gasteiger partial charge >= 0.3 is 0 Å². The van der Waals surface area contributed by atoms with Crippen LogP contribution in [-0.2, 0) is 4.79 Å². The van der Waals surface area contributed by atoms with Crippen LogP contribution in [0, 0.1) is 0 Å². The van der Waals surface area contributed by atoms with Crippen molar-refractivity contribution in [3.63, 3.8) is 0 Å². The number of nitrogens with zero attached hydrogens (tertiary/aromatic N) is 1. The normalized spacial score (nSPS) is 25.9. The Labute approximate surface area is 72.3 Å². The van der Waals surface area contributed by atoms with E-state index in [1.165, 1.54) is 0 Å². The molecule has 1 heterocycles. The van der Waals surface area contributed by atoms with Gasteiger partial charge in [-0.15, -0.1) is 0 Å². The molecule has 4 heteroatoms. The second-order valence-corrected chi connectivity index (χ2v) is 3.24. The van der Waals surface area contributed by atoms with E-state index < -0.39 is 6.04 Å². The molecular formula is C8H16N2O2. The van der Waals surface area contributed by atoms with Crippen molar-refractivity contribution in [2.75, 3.05) is 13.1 Å². The summed E-state index contributed by atoms with van der Waals surface area (Å²) in [6.07, 6.45) is 0.992. The average Bonchev–Trinajstić information content (AvgIpc) is 2.49. The van der Waals surface area contributed by atoms with Crippen molar-refractivity contribution in [3.8, 4) is 0 Å². The summed E-state index contributed by atoms with van der Waals surface area (Å²) in [6.45, 7) is 2.98. The highest BCUT2D eigenvalue weighted by Gasteiger charge is 2.26. The molecule has 0 saturated carbocycles. The Morgan fingerprint density at radius 1 is 1.83 bits per heavy atom. The highest BCUT2D eigenvalue weighted by Crippen LogP contribution is 2.10. The number of likely N-dealkylation sites (tertiary alicyclic amines) is 1. The summed E-state index contributed by atoms with van der Waals surface area (Å²) in [5, 5.41) is 9.17. The quantitative estimate of drug-likeness (QED) is 0.580. The van der Waals surface area contributed by atoms with Gasteiger partial charge in [0.25, 0.3) is 0 Å². The number of aliphatic hydroxyl groups excluding tert-OH is 1. The molecular weight excluding hydrogens is 156 g/mol. The molecule has 1 amide bonds. The second kappa shape index (κ2) is 3.87. The number of rotatable bonds is 2. The number of carbonyl (C=O) groups excluding carboxylic acids is 1. The molecule has 0 aromatic carbocycles. The van der Waals surface area contributed by atoms with E-state index in [9.17, 15) is 4.79 Å². The van der Waals surface area contributed by atoms with Gasteiger partial charge in [0.15, 0.2) is 0 Å². The Balaban J connectivity index is 2.43. The molecule has 12 heavy (non-hydrogen) atoms. The Hall–Kier alpha value is -0.610. The fourth-order valence-electron chi connectivity index (χ4n) is 1.35. The summed E-state index contributed by atoms with van der Waals surface area (Å²) in [5.74, 6) is -0.0333. The first-order valence-corrected chi connectivity index (χ1v) is 4.37. The standard InChI is InChI=1S/C8H16N2O2/c1-2-7(9)8(12)10-4-3-6(11)5-10/h6-7,11H,2-5,9H2,1H3. The van der Waals surface area contributed by atoms with Gasteiger partial charge in [-0.1, -0.05) is 6.92 Å². The predicted octanol–water partition coefficient (Wildman–Crippen LogP) is -0.683. The summed E-state index contributed by atoms with van der Waals surface area (Å²) in [7, 11) is 0. The van der Waals surface area contributed by atoms with E-state index in [-0.39, 0.29) is 12.0 Å². The molecule has 4 nitrogen and oxygen atoms in total. The molecule has 70 valence electrons. The number of amides is 1. The van der Waals surface area contributed by atoms with Crippen molar-refractivity contribution in [1.82, 2.24) is 4.90 Å². The monoisotopic (exact) mass is 172 g/mol. The second-order valence-electron chi connectivity index (χ2n) is 3.24. The van der Waals surface area contributed by atoms with Gasteiger partial charge in [0.2, 0.25) is 5.91 Å². The van der Waals surface area contributed by atoms with Crippen molar-refractivity contribution in [2.45, 2.75) is 31.9 Å².